The van der Waals surface area contributed by atoms with Crippen LogP contribution in [-0.2, 0) is 6.42 Å². The topological polar surface area (TPSA) is 55.0 Å². The Labute approximate surface area is 97.9 Å². The summed E-state index contributed by atoms with van der Waals surface area (Å²) >= 11 is 0. The third-order valence-corrected chi connectivity index (χ3v) is 2.38. The average Bonchev–Trinajstić information content (AvgIpc) is 2.28. The van der Waals surface area contributed by atoms with Gasteiger partial charge in [0.2, 0.25) is 0 Å². The lowest BCUT2D eigenvalue weighted by molar-refractivity contribution is 0.606. The molecule has 0 aliphatic heterocycles. The van der Waals surface area contributed by atoms with Gasteiger partial charge in [-0.3, -0.25) is 0 Å². The Morgan fingerprint density at radius 2 is 2.12 bits per heavy atom. The van der Waals surface area contributed by atoms with Crippen LogP contribution in [0, 0.1) is 5.92 Å². The fraction of sp³-hybridized carbons (Fsp3) is 0.667. The van der Waals surface area contributed by atoms with Crippen molar-refractivity contribution in [3.05, 3.63) is 18.1 Å². The largest absolute Gasteiger partial charge is 0.355 e. The molecule has 0 aliphatic rings. The van der Waals surface area contributed by atoms with Gasteiger partial charge in [-0.05, 0) is 12.3 Å². The number of nitrogens with two attached hydrogens (primary N) is 1. The van der Waals surface area contributed by atoms with Gasteiger partial charge in [-0.15, -0.1) is 0 Å². The summed E-state index contributed by atoms with van der Waals surface area (Å²) in [5.74, 6) is 1.59. The van der Waals surface area contributed by atoms with Crippen LogP contribution < -0.4 is 10.6 Å². The SMILES string of the molecule is CCc1cc(N(CCN)CC(C)C)ncn1. The van der Waals surface area contributed by atoms with Crippen LogP contribution in [0.25, 0.3) is 0 Å². The van der Waals surface area contributed by atoms with Gasteiger partial charge in [0.15, 0.2) is 0 Å². The standard InChI is InChI=1S/C12H22N4/c1-4-11-7-12(15-9-14-11)16(6-5-13)8-10(2)3/h7,9-10H,4-6,8,13H2,1-3H3. The van der Waals surface area contributed by atoms with Crippen LogP contribution in [0.4, 0.5) is 5.82 Å². The predicted octanol–water partition coefficient (Wildman–Crippen LogP) is 1.46. The Bertz CT molecular complexity index is 312. The second kappa shape index (κ2) is 6.43. The zero-order valence-electron chi connectivity index (χ0n) is 10.5. The molecule has 16 heavy (non-hydrogen) atoms. The lowest BCUT2D eigenvalue weighted by Gasteiger charge is -2.25. The summed E-state index contributed by atoms with van der Waals surface area (Å²) in [7, 11) is 0. The van der Waals surface area contributed by atoms with E-state index in [1.807, 2.05) is 0 Å². The van der Waals surface area contributed by atoms with Gasteiger partial charge in [-0.2, -0.15) is 0 Å². The van der Waals surface area contributed by atoms with Crippen LogP contribution in [0.5, 0.6) is 0 Å². The maximum atomic E-state index is 5.63. The van der Waals surface area contributed by atoms with Crippen molar-refractivity contribution >= 4 is 5.82 Å². The number of aromatic nitrogens is 2. The van der Waals surface area contributed by atoms with Crippen LogP contribution in [0.2, 0.25) is 0 Å². The maximum Gasteiger partial charge on any atom is 0.132 e. The number of rotatable bonds is 6. The highest BCUT2D eigenvalue weighted by atomic mass is 15.2. The van der Waals surface area contributed by atoms with Crippen LogP contribution in [0.3, 0.4) is 0 Å². The number of nitrogens with zero attached hydrogens (tertiary/aromatic N) is 3. The molecule has 0 saturated heterocycles. The van der Waals surface area contributed by atoms with Gasteiger partial charge in [0.1, 0.15) is 12.1 Å². The molecule has 0 atom stereocenters. The Morgan fingerprint density at radius 1 is 1.38 bits per heavy atom. The molecule has 0 aromatic carbocycles. The van der Waals surface area contributed by atoms with Gasteiger partial charge in [0, 0.05) is 31.4 Å². The monoisotopic (exact) mass is 222 g/mol. The third kappa shape index (κ3) is 3.77. The van der Waals surface area contributed by atoms with E-state index in [0.717, 1.165) is 31.0 Å². The molecule has 4 nitrogen and oxygen atoms in total. The fourth-order valence-electron chi connectivity index (χ4n) is 1.65. The highest BCUT2D eigenvalue weighted by Gasteiger charge is 2.09. The molecule has 0 radical (unpaired) electrons. The van der Waals surface area contributed by atoms with Crippen LogP contribution in [0.1, 0.15) is 26.5 Å². The highest BCUT2D eigenvalue weighted by molar-refractivity contribution is 5.38. The van der Waals surface area contributed by atoms with E-state index >= 15 is 0 Å². The molecule has 0 unspecified atom stereocenters. The van der Waals surface area contributed by atoms with E-state index in [1.54, 1.807) is 6.33 Å². The lowest BCUT2D eigenvalue weighted by Crippen LogP contribution is -2.33. The van der Waals surface area contributed by atoms with Crippen molar-refractivity contribution in [2.75, 3.05) is 24.5 Å². The van der Waals surface area contributed by atoms with E-state index in [1.165, 1.54) is 0 Å². The summed E-state index contributed by atoms with van der Waals surface area (Å²) in [6.45, 7) is 8.98. The molecule has 1 aromatic rings. The number of hydrogen-bond donors (Lipinski definition) is 1. The van der Waals surface area contributed by atoms with Gasteiger partial charge >= 0.3 is 0 Å². The van der Waals surface area contributed by atoms with Crippen LogP contribution in [-0.4, -0.2) is 29.6 Å². The summed E-state index contributed by atoms with van der Waals surface area (Å²) < 4.78 is 0. The molecule has 0 saturated carbocycles. The minimum atomic E-state index is 0.603. The summed E-state index contributed by atoms with van der Waals surface area (Å²) in [5.41, 5.74) is 6.71. The van der Waals surface area contributed by atoms with E-state index in [2.05, 4.69) is 41.7 Å². The minimum Gasteiger partial charge on any atom is -0.355 e. The Hall–Kier alpha value is -1.16. The summed E-state index contributed by atoms with van der Waals surface area (Å²) in [6, 6.07) is 2.05. The van der Waals surface area contributed by atoms with Crippen molar-refractivity contribution in [3.63, 3.8) is 0 Å². The van der Waals surface area contributed by atoms with Gasteiger partial charge < -0.3 is 10.6 Å². The third-order valence-electron chi connectivity index (χ3n) is 2.38. The zero-order valence-corrected chi connectivity index (χ0v) is 10.5. The van der Waals surface area contributed by atoms with Crippen LogP contribution in [0.15, 0.2) is 12.4 Å². The molecular formula is C12H22N4. The normalized spacial score (nSPS) is 10.8. The Balaban J connectivity index is 2.82. The summed E-state index contributed by atoms with van der Waals surface area (Å²) in [6.07, 6.45) is 2.58. The predicted molar refractivity (Wildman–Crippen MR) is 67.5 cm³/mol. The number of hydrogen-bond acceptors (Lipinski definition) is 4. The molecular weight excluding hydrogens is 200 g/mol. The Morgan fingerprint density at radius 3 is 2.69 bits per heavy atom. The van der Waals surface area contributed by atoms with Gasteiger partial charge in [-0.1, -0.05) is 20.8 Å². The fourth-order valence-corrected chi connectivity index (χ4v) is 1.65. The lowest BCUT2D eigenvalue weighted by atomic mass is 10.2. The van der Waals surface area contributed by atoms with Gasteiger partial charge in [0.05, 0.1) is 0 Å². The first kappa shape index (κ1) is 12.9. The van der Waals surface area contributed by atoms with E-state index in [-0.39, 0.29) is 0 Å². The van der Waals surface area contributed by atoms with Crippen molar-refractivity contribution in [2.24, 2.45) is 11.7 Å². The second-order valence-corrected chi connectivity index (χ2v) is 4.35. The average molecular weight is 222 g/mol. The summed E-state index contributed by atoms with van der Waals surface area (Å²) in [5, 5.41) is 0. The van der Waals surface area contributed by atoms with Crippen molar-refractivity contribution in [1.82, 2.24) is 9.97 Å². The van der Waals surface area contributed by atoms with E-state index < -0.39 is 0 Å². The number of anilines is 1. The van der Waals surface area contributed by atoms with E-state index in [4.69, 9.17) is 5.73 Å². The smallest absolute Gasteiger partial charge is 0.132 e. The first-order valence-electron chi connectivity index (χ1n) is 5.93. The van der Waals surface area contributed by atoms with Crippen molar-refractivity contribution in [2.45, 2.75) is 27.2 Å². The molecule has 0 aliphatic carbocycles. The molecule has 4 heteroatoms. The molecule has 90 valence electrons. The molecule has 2 N–H and O–H groups in total. The minimum absolute atomic E-state index is 0.603. The van der Waals surface area contributed by atoms with Crippen molar-refractivity contribution < 1.29 is 0 Å². The Kier molecular flexibility index (Phi) is 5.19. The molecule has 1 rings (SSSR count). The molecule has 0 spiro atoms. The quantitative estimate of drug-likeness (QED) is 0.791. The van der Waals surface area contributed by atoms with Crippen LogP contribution >= 0.6 is 0 Å². The first-order valence-corrected chi connectivity index (χ1v) is 5.93. The van der Waals surface area contributed by atoms with E-state index in [9.17, 15) is 0 Å². The molecule has 0 fully saturated rings. The van der Waals surface area contributed by atoms with Gasteiger partial charge in [0.25, 0.3) is 0 Å². The second-order valence-electron chi connectivity index (χ2n) is 4.35. The molecule has 1 aromatic heterocycles. The van der Waals surface area contributed by atoms with Gasteiger partial charge in [-0.25, -0.2) is 9.97 Å². The molecule has 0 bridgehead atoms. The first-order chi connectivity index (χ1) is 7.67. The number of aryl methyl sites for hydroxylation is 1. The summed E-state index contributed by atoms with van der Waals surface area (Å²) in [4.78, 5) is 10.8. The molecule has 0 amide bonds. The molecule has 1 heterocycles. The zero-order chi connectivity index (χ0) is 12.0. The van der Waals surface area contributed by atoms with Crippen molar-refractivity contribution in [3.8, 4) is 0 Å². The highest BCUT2D eigenvalue weighted by Crippen LogP contribution is 2.12. The maximum absolute atomic E-state index is 5.63. The van der Waals surface area contributed by atoms with E-state index in [0.29, 0.717) is 12.5 Å². The van der Waals surface area contributed by atoms with Crippen molar-refractivity contribution in [1.29, 1.82) is 0 Å².